The van der Waals surface area contributed by atoms with E-state index in [2.05, 4.69) is 0 Å². The molecule has 0 bridgehead atoms. The van der Waals surface area contributed by atoms with Gasteiger partial charge in [0, 0.05) is 10.0 Å². The molecule has 0 saturated carbocycles. The van der Waals surface area contributed by atoms with Crippen LogP contribution in [0.15, 0.2) is 18.2 Å². The Balaban J connectivity index is 0.000000491. The van der Waals surface area contributed by atoms with Crippen molar-refractivity contribution < 1.29 is 14.4 Å². The smallest absolute Gasteiger partial charge is 0.328 e. The van der Waals surface area contributed by atoms with Crippen LogP contribution in [0.1, 0.15) is 13.8 Å². The second kappa shape index (κ2) is 7.40. The first-order valence-corrected chi connectivity index (χ1v) is 6.82. The standard InChI is InChI=1S/C10H6Cl2N2O3.C3H9N/c11-6-1-7(12)3-8(2-6)14-9(16)4-13(5-15)10(14)17;1-3(2)4/h1-3,5H,4H2;3H,4H2,1-2H3. The van der Waals surface area contributed by atoms with E-state index < -0.39 is 11.9 Å². The Morgan fingerprint density at radius 3 is 2.05 bits per heavy atom. The summed E-state index contributed by atoms with van der Waals surface area (Å²) in [5, 5.41) is 0.607. The predicted octanol–water partition coefficient (Wildman–Crippen LogP) is 2.27. The molecule has 1 saturated heterocycles. The van der Waals surface area contributed by atoms with Crippen molar-refractivity contribution in [2.75, 3.05) is 11.4 Å². The van der Waals surface area contributed by atoms with E-state index in [1.54, 1.807) is 0 Å². The number of carbonyl (C=O) groups excluding carboxylic acids is 3. The van der Waals surface area contributed by atoms with Gasteiger partial charge in [-0.3, -0.25) is 14.5 Å². The molecule has 4 amide bonds. The van der Waals surface area contributed by atoms with E-state index in [0.717, 1.165) is 9.80 Å². The molecule has 1 aromatic carbocycles. The molecule has 0 atom stereocenters. The van der Waals surface area contributed by atoms with Crippen LogP contribution in [-0.2, 0) is 9.59 Å². The van der Waals surface area contributed by atoms with Crippen LogP contribution < -0.4 is 10.6 Å². The van der Waals surface area contributed by atoms with E-state index in [1.807, 2.05) is 13.8 Å². The summed E-state index contributed by atoms with van der Waals surface area (Å²) in [6.07, 6.45) is 0.312. The highest BCUT2D eigenvalue weighted by Gasteiger charge is 2.37. The number of urea groups is 1. The molecule has 21 heavy (non-hydrogen) atoms. The minimum absolute atomic E-state index is 0.252. The molecule has 2 rings (SSSR count). The van der Waals surface area contributed by atoms with E-state index >= 15 is 0 Å². The van der Waals surface area contributed by atoms with Crippen LogP contribution in [0.3, 0.4) is 0 Å². The molecule has 6 nitrogen and oxygen atoms in total. The van der Waals surface area contributed by atoms with Gasteiger partial charge in [0.2, 0.25) is 6.41 Å². The monoisotopic (exact) mass is 331 g/mol. The van der Waals surface area contributed by atoms with Gasteiger partial charge < -0.3 is 5.73 Å². The first-order chi connectivity index (χ1) is 9.76. The van der Waals surface area contributed by atoms with Gasteiger partial charge in [-0.05, 0) is 24.2 Å². The Hall–Kier alpha value is -1.63. The lowest BCUT2D eigenvalue weighted by atomic mass is 10.3. The molecule has 1 aromatic rings. The molecule has 1 aliphatic rings. The van der Waals surface area contributed by atoms with Crippen molar-refractivity contribution in [3.05, 3.63) is 28.2 Å². The van der Waals surface area contributed by atoms with Gasteiger partial charge >= 0.3 is 6.03 Å². The maximum Gasteiger partial charge on any atom is 0.338 e. The number of rotatable bonds is 2. The van der Waals surface area contributed by atoms with Gasteiger partial charge in [-0.25, -0.2) is 9.69 Å². The van der Waals surface area contributed by atoms with Gasteiger partial charge in [-0.1, -0.05) is 37.0 Å². The summed E-state index contributed by atoms with van der Waals surface area (Å²) in [4.78, 5) is 35.5. The van der Waals surface area contributed by atoms with Crippen molar-refractivity contribution in [1.82, 2.24) is 4.90 Å². The van der Waals surface area contributed by atoms with Gasteiger partial charge in [0.15, 0.2) is 0 Å². The number of imide groups is 2. The van der Waals surface area contributed by atoms with Crippen LogP contribution in [-0.4, -0.2) is 35.8 Å². The number of carbonyl (C=O) groups is 3. The summed E-state index contributed by atoms with van der Waals surface area (Å²) < 4.78 is 0. The zero-order valence-corrected chi connectivity index (χ0v) is 13.1. The number of amides is 4. The topological polar surface area (TPSA) is 83.7 Å². The lowest BCUT2D eigenvalue weighted by Gasteiger charge is -2.14. The van der Waals surface area contributed by atoms with Gasteiger partial charge in [-0.15, -0.1) is 0 Å². The molecule has 0 unspecified atom stereocenters. The first kappa shape index (κ1) is 17.4. The SMILES string of the molecule is CC(C)N.O=CN1CC(=O)N(c2cc(Cl)cc(Cl)c2)C1=O. The summed E-state index contributed by atoms with van der Waals surface area (Å²) in [6, 6.07) is 3.97. The van der Waals surface area contributed by atoms with Crippen molar-refractivity contribution in [3.8, 4) is 0 Å². The number of benzene rings is 1. The molecule has 1 aliphatic heterocycles. The van der Waals surface area contributed by atoms with Crippen LogP contribution in [0.4, 0.5) is 10.5 Å². The quantitative estimate of drug-likeness (QED) is 0.665. The minimum atomic E-state index is -0.705. The van der Waals surface area contributed by atoms with Crippen molar-refractivity contribution >= 4 is 47.2 Å². The second-order valence-corrected chi connectivity index (χ2v) is 5.49. The number of hydrogen-bond donors (Lipinski definition) is 1. The molecular weight excluding hydrogens is 317 g/mol. The van der Waals surface area contributed by atoms with Crippen molar-refractivity contribution in [2.24, 2.45) is 5.73 Å². The third kappa shape index (κ3) is 4.70. The van der Waals surface area contributed by atoms with Crippen molar-refractivity contribution in [1.29, 1.82) is 0 Å². The van der Waals surface area contributed by atoms with Crippen LogP contribution >= 0.6 is 23.2 Å². The first-order valence-electron chi connectivity index (χ1n) is 6.06. The maximum absolute atomic E-state index is 11.7. The Kier molecular flexibility index (Phi) is 6.14. The fourth-order valence-electron chi connectivity index (χ4n) is 1.52. The zero-order valence-electron chi connectivity index (χ0n) is 11.5. The molecule has 0 radical (unpaired) electrons. The van der Waals surface area contributed by atoms with Gasteiger partial charge in [0.1, 0.15) is 6.54 Å². The van der Waals surface area contributed by atoms with Gasteiger partial charge in [0.05, 0.1) is 5.69 Å². The number of anilines is 1. The van der Waals surface area contributed by atoms with Crippen molar-refractivity contribution in [3.63, 3.8) is 0 Å². The summed E-state index contributed by atoms with van der Waals surface area (Å²) in [5.74, 6) is -0.500. The Morgan fingerprint density at radius 1 is 1.19 bits per heavy atom. The molecule has 0 aromatic heterocycles. The molecule has 8 heteroatoms. The molecule has 114 valence electrons. The largest absolute Gasteiger partial charge is 0.338 e. The third-order valence-corrected chi connectivity index (χ3v) is 2.66. The molecule has 1 fully saturated rings. The number of nitrogens with zero attached hydrogens (tertiary/aromatic N) is 2. The van der Waals surface area contributed by atoms with Gasteiger partial charge in [0.25, 0.3) is 5.91 Å². The summed E-state index contributed by atoms with van der Waals surface area (Å²) in [5.41, 5.74) is 5.36. The fourth-order valence-corrected chi connectivity index (χ4v) is 2.04. The molecule has 0 spiro atoms. The Morgan fingerprint density at radius 2 is 1.67 bits per heavy atom. The summed E-state index contributed by atoms with van der Waals surface area (Å²) in [6.45, 7) is 3.62. The summed E-state index contributed by atoms with van der Waals surface area (Å²) >= 11 is 11.6. The lowest BCUT2D eigenvalue weighted by Crippen LogP contribution is -2.32. The molecule has 1 heterocycles. The fraction of sp³-hybridized carbons (Fsp3) is 0.308. The molecular formula is C13H15Cl2N3O3. The number of hydrogen-bond acceptors (Lipinski definition) is 4. The van der Waals surface area contributed by atoms with Crippen LogP contribution in [0.2, 0.25) is 10.0 Å². The number of nitrogens with two attached hydrogens (primary N) is 1. The maximum atomic E-state index is 11.7. The van der Waals surface area contributed by atoms with E-state index in [0.29, 0.717) is 22.5 Å². The van der Waals surface area contributed by atoms with E-state index in [-0.39, 0.29) is 12.2 Å². The lowest BCUT2D eigenvalue weighted by molar-refractivity contribution is -0.121. The van der Waals surface area contributed by atoms with Crippen molar-refractivity contribution in [2.45, 2.75) is 19.9 Å². The minimum Gasteiger partial charge on any atom is -0.328 e. The third-order valence-electron chi connectivity index (χ3n) is 2.22. The summed E-state index contributed by atoms with van der Waals surface area (Å²) in [7, 11) is 0. The highest BCUT2D eigenvalue weighted by molar-refractivity contribution is 6.35. The highest BCUT2D eigenvalue weighted by Crippen LogP contribution is 2.28. The second-order valence-electron chi connectivity index (χ2n) is 4.62. The Bertz CT molecular complexity index is 541. The number of halogens is 2. The van der Waals surface area contributed by atoms with E-state index in [9.17, 15) is 14.4 Å². The Labute approximate surface area is 132 Å². The average Bonchev–Trinajstić information content (AvgIpc) is 2.62. The van der Waals surface area contributed by atoms with E-state index in [1.165, 1.54) is 18.2 Å². The normalized spacial score (nSPS) is 14.4. The predicted molar refractivity (Wildman–Crippen MR) is 81.4 cm³/mol. The zero-order chi connectivity index (χ0) is 16.2. The average molecular weight is 332 g/mol. The van der Waals surface area contributed by atoms with Gasteiger partial charge in [-0.2, -0.15) is 0 Å². The van der Waals surface area contributed by atoms with Crippen LogP contribution in [0, 0.1) is 0 Å². The molecule has 2 N–H and O–H groups in total. The van der Waals surface area contributed by atoms with E-state index in [4.69, 9.17) is 28.9 Å². The van der Waals surface area contributed by atoms with Crippen LogP contribution in [0.5, 0.6) is 0 Å². The highest BCUT2D eigenvalue weighted by atomic mass is 35.5. The molecule has 0 aliphatic carbocycles. The van der Waals surface area contributed by atoms with Crippen LogP contribution in [0.25, 0.3) is 0 Å².